The van der Waals surface area contributed by atoms with Gasteiger partial charge in [0.15, 0.2) is 5.78 Å². The summed E-state index contributed by atoms with van der Waals surface area (Å²) in [4.78, 5) is 27.4. The van der Waals surface area contributed by atoms with Crippen LogP contribution >= 0.6 is 0 Å². The average molecular weight is 341 g/mol. The molecule has 1 aliphatic rings. The number of likely N-dealkylation sites (tertiary alicyclic amines) is 1. The fourth-order valence-corrected chi connectivity index (χ4v) is 3.38. The topological polar surface area (TPSA) is 64.4 Å². The van der Waals surface area contributed by atoms with Crippen molar-refractivity contribution >= 4 is 11.7 Å². The molecule has 6 heteroatoms. The van der Waals surface area contributed by atoms with Crippen LogP contribution in [0.2, 0.25) is 0 Å². The minimum Gasteiger partial charge on any atom is -0.497 e. The van der Waals surface area contributed by atoms with E-state index in [0.29, 0.717) is 24.3 Å². The molecule has 2 aromatic rings. The number of aromatic nitrogens is 2. The average Bonchev–Trinajstić information content (AvgIpc) is 3.06. The van der Waals surface area contributed by atoms with Crippen molar-refractivity contribution in [2.24, 2.45) is 13.0 Å². The van der Waals surface area contributed by atoms with Gasteiger partial charge in [0.25, 0.3) is 5.91 Å². The van der Waals surface area contributed by atoms with Crippen LogP contribution in [-0.2, 0) is 7.05 Å². The lowest BCUT2D eigenvalue weighted by Crippen LogP contribution is -2.43. The van der Waals surface area contributed by atoms with Crippen molar-refractivity contribution in [2.45, 2.75) is 19.8 Å². The summed E-state index contributed by atoms with van der Waals surface area (Å²) in [5.41, 5.74) is 2.16. The van der Waals surface area contributed by atoms with E-state index >= 15 is 0 Å². The molecule has 1 aromatic heterocycles. The van der Waals surface area contributed by atoms with Gasteiger partial charge in [0.1, 0.15) is 11.4 Å². The van der Waals surface area contributed by atoms with Crippen molar-refractivity contribution in [3.8, 4) is 5.75 Å². The van der Waals surface area contributed by atoms with Crippen LogP contribution in [0.3, 0.4) is 0 Å². The lowest BCUT2D eigenvalue weighted by atomic mass is 9.88. The minimum atomic E-state index is -0.168. The highest BCUT2D eigenvalue weighted by Crippen LogP contribution is 2.25. The lowest BCUT2D eigenvalue weighted by Gasteiger charge is -2.32. The summed E-state index contributed by atoms with van der Waals surface area (Å²) in [5.74, 6) is 0.607. The third-order valence-electron chi connectivity index (χ3n) is 4.82. The Morgan fingerprint density at radius 3 is 2.72 bits per heavy atom. The van der Waals surface area contributed by atoms with Crippen LogP contribution in [0.4, 0.5) is 0 Å². The van der Waals surface area contributed by atoms with E-state index in [0.717, 1.165) is 24.2 Å². The summed E-state index contributed by atoms with van der Waals surface area (Å²) in [7, 11) is 3.36. The summed E-state index contributed by atoms with van der Waals surface area (Å²) in [5, 5.41) is 4.05. The number of ketones is 1. The van der Waals surface area contributed by atoms with E-state index in [9.17, 15) is 9.59 Å². The van der Waals surface area contributed by atoms with E-state index in [-0.39, 0.29) is 17.6 Å². The first-order valence-electron chi connectivity index (χ1n) is 8.47. The molecule has 0 unspecified atom stereocenters. The molecular formula is C19H23N3O3. The van der Waals surface area contributed by atoms with E-state index < -0.39 is 0 Å². The number of carbonyl (C=O) groups excluding carboxylic acids is 2. The quantitative estimate of drug-likeness (QED) is 0.802. The van der Waals surface area contributed by atoms with Gasteiger partial charge < -0.3 is 9.64 Å². The summed E-state index contributed by atoms with van der Waals surface area (Å²) in [6, 6.07) is 7.20. The number of benzene rings is 1. The largest absolute Gasteiger partial charge is 0.497 e. The standard InChI is InChI=1S/C19H23N3O3/c1-13-11-15(25-3)6-7-16(13)18(23)14-5-4-10-22(12-14)19(24)17-8-9-20-21(17)2/h6-9,11,14H,4-5,10,12H2,1-3H3/t14-/m0/s1. The Balaban J connectivity index is 1.76. The van der Waals surface area contributed by atoms with E-state index in [4.69, 9.17) is 4.74 Å². The van der Waals surface area contributed by atoms with Gasteiger partial charge in [-0.05, 0) is 49.6 Å². The second-order valence-electron chi connectivity index (χ2n) is 6.48. The summed E-state index contributed by atoms with van der Waals surface area (Å²) in [6.07, 6.45) is 3.25. The maximum absolute atomic E-state index is 12.9. The first-order chi connectivity index (χ1) is 12.0. The predicted octanol–water partition coefficient (Wildman–Crippen LogP) is 2.47. The van der Waals surface area contributed by atoms with Crippen LogP contribution in [0.15, 0.2) is 30.5 Å². The van der Waals surface area contributed by atoms with Gasteiger partial charge in [-0.3, -0.25) is 14.3 Å². The number of carbonyl (C=O) groups is 2. The molecule has 1 saturated heterocycles. The summed E-state index contributed by atoms with van der Waals surface area (Å²) >= 11 is 0. The van der Waals surface area contributed by atoms with E-state index in [2.05, 4.69) is 5.10 Å². The highest BCUT2D eigenvalue weighted by atomic mass is 16.5. The Hall–Kier alpha value is -2.63. The SMILES string of the molecule is COc1ccc(C(=O)[C@H]2CCCN(C(=O)c3ccnn3C)C2)c(C)c1. The molecule has 0 bridgehead atoms. The van der Waals surface area contributed by atoms with Gasteiger partial charge in [-0.15, -0.1) is 0 Å². The van der Waals surface area contributed by atoms with E-state index in [1.807, 2.05) is 25.1 Å². The molecule has 25 heavy (non-hydrogen) atoms. The second-order valence-corrected chi connectivity index (χ2v) is 6.48. The molecule has 0 N–H and O–H groups in total. The predicted molar refractivity (Wildman–Crippen MR) is 93.9 cm³/mol. The molecular weight excluding hydrogens is 318 g/mol. The number of Topliss-reactive ketones (excluding diaryl/α,β-unsaturated/α-hetero) is 1. The van der Waals surface area contributed by atoms with Crippen LogP contribution in [0.25, 0.3) is 0 Å². The van der Waals surface area contributed by atoms with Gasteiger partial charge in [-0.25, -0.2) is 0 Å². The van der Waals surface area contributed by atoms with Gasteiger partial charge in [0.2, 0.25) is 0 Å². The second kappa shape index (κ2) is 7.09. The summed E-state index contributed by atoms with van der Waals surface area (Å²) in [6.45, 7) is 3.04. The first-order valence-corrected chi connectivity index (χ1v) is 8.47. The molecule has 0 aliphatic carbocycles. The molecule has 6 nitrogen and oxygen atoms in total. The molecule has 0 radical (unpaired) electrons. The Labute approximate surface area is 147 Å². The fourth-order valence-electron chi connectivity index (χ4n) is 3.38. The van der Waals surface area contributed by atoms with Crippen molar-refractivity contribution in [3.05, 3.63) is 47.3 Å². The van der Waals surface area contributed by atoms with Gasteiger partial charge in [0.05, 0.1) is 7.11 Å². The summed E-state index contributed by atoms with van der Waals surface area (Å²) < 4.78 is 6.77. The van der Waals surface area contributed by atoms with Crippen molar-refractivity contribution in [1.82, 2.24) is 14.7 Å². The number of aryl methyl sites for hydroxylation is 2. The normalized spacial score (nSPS) is 17.4. The van der Waals surface area contributed by atoms with Crippen molar-refractivity contribution in [3.63, 3.8) is 0 Å². The number of hydrogen-bond donors (Lipinski definition) is 0. The molecule has 3 rings (SSSR count). The van der Waals surface area contributed by atoms with Crippen molar-refractivity contribution in [1.29, 1.82) is 0 Å². The highest BCUT2D eigenvalue weighted by Gasteiger charge is 2.30. The van der Waals surface area contributed by atoms with Crippen molar-refractivity contribution < 1.29 is 14.3 Å². The molecule has 1 atom stereocenters. The number of methoxy groups -OCH3 is 1. The zero-order valence-corrected chi connectivity index (χ0v) is 14.9. The molecule has 132 valence electrons. The van der Waals surface area contributed by atoms with Crippen LogP contribution in [0.1, 0.15) is 39.3 Å². The number of ether oxygens (including phenoxy) is 1. The van der Waals surface area contributed by atoms with Crippen LogP contribution in [0.5, 0.6) is 5.75 Å². The highest BCUT2D eigenvalue weighted by molar-refractivity contribution is 6.00. The number of piperidine rings is 1. The van der Waals surface area contributed by atoms with E-state index in [1.165, 1.54) is 0 Å². The maximum atomic E-state index is 12.9. The fraction of sp³-hybridized carbons (Fsp3) is 0.421. The Bertz CT molecular complexity index is 797. The van der Waals surface area contributed by atoms with Crippen LogP contribution in [0, 0.1) is 12.8 Å². The van der Waals surface area contributed by atoms with Gasteiger partial charge in [-0.1, -0.05) is 0 Å². The lowest BCUT2D eigenvalue weighted by molar-refractivity contribution is 0.0628. The Morgan fingerprint density at radius 1 is 1.28 bits per heavy atom. The molecule has 1 aliphatic heterocycles. The molecule has 1 aromatic carbocycles. The van der Waals surface area contributed by atoms with Crippen LogP contribution in [-0.4, -0.2) is 46.6 Å². The smallest absolute Gasteiger partial charge is 0.272 e. The number of amides is 1. The zero-order chi connectivity index (χ0) is 18.0. The molecule has 0 spiro atoms. The molecule has 2 heterocycles. The van der Waals surface area contributed by atoms with Crippen LogP contribution < -0.4 is 4.74 Å². The molecule has 0 saturated carbocycles. The number of rotatable bonds is 4. The third-order valence-corrected chi connectivity index (χ3v) is 4.82. The first kappa shape index (κ1) is 17.2. The number of hydrogen-bond acceptors (Lipinski definition) is 4. The van der Waals surface area contributed by atoms with Gasteiger partial charge >= 0.3 is 0 Å². The number of nitrogens with zero attached hydrogens (tertiary/aromatic N) is 3. The monoisotopic (exact) mass is 341 g/mol. The minimum absolute atomic E-state index is 0.0658. The molecule has 1 amide bonds. The maximum Gasteiger partial charge on any atom is 0.272 e. The Kier molecular flexibility index (Phi) is 4.88. The Morgan fingerprint density at radius 2 is 2.08 bits per heavy atom. The van der Waals surface area contributed by atoms with Gasteiger partial charge in [0, 0.05) is 37.8 Å². The van der Waals surface area contributed by atoms with E-state index in [1.54, 1.807) is 36.0 Å². The van der Waals surface area contributed by atoms with Crippen molar-refractivity contribution in [2.75, 3.05) is 20.2 Å². The zero-order valence-electron chi connectivity index (χ0n) is 14.9. The molecule has 1 fully saturated rings. The third kappa shape index (κ3) is 3.43. The van der Waals surface area contributed by atoms with Gasteiger partial charge in [-0.2, -0.15) is 5.10 Å².